The van der Waals surface area contributed by atoms with Crippen molar-refractivity contribution in [2.75, 3.05) is 0 Å². The summed E-state index contributed by atoms with van der Waals surface area (Å²) in [5.74, 6) is -0.204. The van der Waals surface area contributed by atoms with E-state index in [1.165, 1.54) is 4.57 Å². The van der Waals surface area contributed by atoms with E-state index in [1.54, 1.807) is 23.0 Å². The van der Waals surface area contributed by atoms with Crippen molar-refractivity contribution in [3.63, 3.8) is 0 Å². The van der Waals surface area contributed by atoms with Gasteiger partial charge in [0, 0.05) is 12.6 Å². The Hall–Kier alpha value is -3.19. The first kappa shape index (κ1) is 19.1. The number of aryl methyl sites for hydroxylation is 2. The third kappa shape index (κ3) is 3.61. The fourth-order valence-corrected chi connectivity index (χ4v) is 4.60. The lowest BCUT2D eigenvalue weighted by molar-refractivity contribution is -0.122. The van der Waals surface area contributed by atoms with Gasteiger partial charge in [0.05, 0.1) is 27.6 Å². The Morgan fingerprint density at radius 3 is 2.48 bits per heavy atom. The van der Waals surface area contributed by atoms with Gasteiger partial charge in [0.15, 0.2) is 0 Å². The maximum absolute atomic E-state index is 12.7. The molecule has 0 aliphatic rings. The molecule has 1 atom stereocenters. The highest BCUT2D eigenvalue weighted by atomic mass is 32.1. The predicted octanol–water partition coefficient (Wildman–Crippen LogP) is 3.65. The Bertz CT molecular complexity index is 1240. The van der Waals surface area contributed by atoms with Gasteiger partial charge in [0.1, 0.15) is 11.6 Å². The molecule has 29 heavy (non-hydrogen) atoms. The molecule has 2 heterocycles. The molecule has 0 spiro atoms. The van der Waals surface area contributed by atoms with Gasteiger partial charge < -0.3 is 5.32 Å². The van der Waals surface area contributed by atoms with Crippen LogP contribution in [0.3, 0.4) is 0 Å². The van der Waals surface area contributed by atoms with E-state index in [0.29, 0.717) is 0 Å². The van der Waals surface area contributed by atoms with Crippen molar-refractivity contribution in [2.24, 2.45) is 7.05 Å². The van der Waals surface area contributed by atoms with E-state index in [0.717, 1.165) is 32.2 Å². The molecular weight excluding hydrogens is 384 g/mol. The molecule has 0 radical (unpaired) electrons. The molecule has 0 saturated heterocycles. The van der Waals surface area contributed by atoms with Crippen molar-refractivity contribution in [2.45, 2.75) is 26.4 Å². The number of hydrogen-bond acceptors (Lipinski definition) is 4. The summed E-state index contributed by atoms with van der Waals surface area (Å²) in [5.41, 5.74) is 3.33. The van der Waals surface area contributed by atoms with Gasteiger partial charge in [0.2, 0.25) is 5.91 Å². The van der Waals surface area contributed by atoms with Crippen LogP contribution in [-0.4, -0.2) is 20.0 Å². The standard InChI is InChI=1S/C22H22N4O2S/c1-14(20-15(2)24-21(29-20)16-9-5-4-6-10-16)23-19(27)13-26-18-12-8-7-11-17(18)25(3)22(26)28/h4-12,14H,13H2,1-3H3,(H,23,27). The zero-order chi connectivity index (χ0) is 20.5. The van der Waals surface area contributed by atoms with Gasteiger partial charge in [0.25, 0.3) is 0 Å². The number of imidazole rings is 1. The number of nitrogens with zero attached hydrogens (tertiary/aromatic N) is 3. The maximum Gasteiger partial charge on any atom is 0.329 e. The summed E-state index contributed by atoms with van der Waals surface area (Å²) in [6.07, 6.45) is 0. The molecule has 6 nitrogen and oxygen atoms in total. The lowest BCUT2D eigenvalue weighted by Gasteiger charge is -2.13. The van der Waals surface area contributed by atoms with Crippen LogP contribution in [0.2, 0.25) is 0 Å². The molecule has 0 saturated carbocycles. The van der Waals surface area contributed by atoms with Crippen molar-refractivity contribution >= 4 is 28.3 Å². The van der Waals surface area contributed by atoms with Crippen molar-refractivity contribution < 1.29 is 4.79 Å². The smallest absolute Gasteiger partial charge is 0.329 e. The van der Waals surface area contributed by atoms with E-state index in [2.05, 4.69) is 10.3 Å². The van der Waals surface area contributed by atoms with E-state index in [4.69, 9.17) is 0 Å². The Kier molecular flexibility index (Phi) is 5.07. The number of amides is 1. The van der Waals surface area contributed by atoms with Gasteiger partial charge in [-0.1, -0.05) is 42.5 Å². The zero-order valence-electron chi connectivity index (χ0n) is 16.5. The third-order valence-electron chi connectivity index (χ3n) is 4.98. The van der Waals surface area contributed by atoms with Crippen LogP contribution in [-0.2, 0) is 18.4 Å². The van der Waals surface area contributed by atoms with Crippen molar-refractivity contribution in [3.8, 4) is 10.6 Å². The molecule has 0 aliphatic heterocycles. The number of aromatic nitrogens is 3. The lowest BCUT2D eigenvalue weighted by Crippen LogP contribution is -2.34. The quantitative estimate of drug-likeness (QED) is 0.550. The van der Waals surface area contributed by atoms with Crippen LogP contribution in [0.25, 0.3) is 21.6 Å². The predicted molar refractivity (Wildman–Crippen MR) is 116 cm³/mol. The molecule has 7 heteroatoms. The fourth-order valence-electron chi connectivity index (χ4n) is 3.53. The number of carbonyl (C=O) groups excluding carboxylic acids is 1. The molecule has 4 rings (SSSR count). The highest BCUT2D eigenvalue weighted by molar-refractivity contribution is 7.15. The second-order valence-corrected chi connectivity index (χ2v) is 8.07. The number of fused-ring (bicyclic) bond motifs is 1. The monoisotopic (exact) mass is 406 g/mol. The summed E-state index contributed by atoms with van der Waals surface area (Å²) >= 11 is 1.58. The molecular formula is C22H22N4O2S. The molecule has 0 fully saturated rings. The van der Waals surface area contributed by atoms with Gasteiger partial charge in [-0.25, -0.2) is 9.78 Å². The van der Waals surface area contributed by atoms with Gasteiger partial charge in [-0.15, -0.1) is 11.3 Å². The van der Waals surface area contributed by atoms with Crippen LogP contribution in [0, 0.1) is 6.92 Å². The minimum atomic E-state index is -0.204. The Morgan fingerprint density at radius 2 is 1.76 bits per heavy atom. The summed E-state index contributed by atoms with van der Waals surface area (Å²) < 4.78 is 3.07. The van der Waals surface area contributed by atoms with Crippen LogP contribution in [0.5, 0.6) is 0 Å². The molecule has 1 unspecified atom stereocenters. The van der Waals surface area contributed by atoms with E-state index in [9.17, 15) is 9.59 Å². The Labute approximate surface area is 172 Å². The first-order valence-corrected chi connectivity index (χ1v) is 10.2. The second kappa shape index (κ2) is 7.67. The second-order valence-electron chi connectivity index (χ2n) is 7.04. The average Bonchev–Trinajstić information content (AvgIpc) is 3.23. The Morgan fingerprint density at radius 1 is 1.10 bits per heavy atom. The van der Waals surface area contributed by atoms with E-state index in [1.807, 2.05) is 68.4 Å². The number of rotatable bonds is 5. The SMILES string of the molecule is Cc1nc(-c2ccccc2)sc1C(C)NC(=O)Cn1c(=O)n(C)c2ccccc21. The molecule has 148 valence electrons. The maximum atomic E-state index is 12.7. The first-order valence-electron chi connectivity index (χ1n) is 9.42. The summed E-state index contributed by atoms with van der Waals surface area (Å²) in [6.45, 7) is 3.88. The molecule has 1 N–H and O–H groups in total. The molecule has 2 aromatic carbocycles. The van der Waals surface area contributed by atoms with Gasteiger partial charge >= 0.3 is 5.69 Å². The van der Waals surface area contributed by atoms with E-state index < -0.39 is 0 Å². The van der Waals surface area contributed by atoms with Crippen LogP contribution in [0.4, 0.5) is 0 Å². The topological polar surface area (TPSA) is 68.9 Å². The van der Waals surface area contributed by atoms with E-state index >= 15 is 0 Å². The van der Waals surface area contributed by atoms with Crippen LogP contribution in [0.15, 0.2) is 59.4 Å². The molecule has 1 amide bonds. The number of para-hydroxylation sites is 2. The number of carbonyl (C=O) groups is 1. The number of nitrogens with one attached hydrogen (secondary N) is 1. The van der Waals surface area contributed by atoms with Gasteiger partial charge in [-0.3, -0.25) is 13.9 Å². The van der Waals surface area contributed by atoms with Gasteiger partial charge in [-0.2, -0.15) is 0 Å². The van der Waals surface area contributed by atoms with Crippen LogP contribution in [0.1, 0.15) is 23.5 Å². The normalized spacial score (nSPS) is 12.2. The first-order chi connectivity index (χ1) is 14.0. The lowest BCUT2D eigenvalue weighted by atomic mass is 10.2. The molecule has 4 aromatic rings. The zero-order valence-corrected chi connectivity index (χ0v) is 17.4. The third-order valence-corrected chi connectivity index (χ3v) is 6.37. The summed E-state index contributed by atoms with van der Waals surface area (Å²) in [6, 6.07) is 17.3. The van der Waals surface area contributed by atoms with Crippen molar-refractivity contribution in [1.82, 2.24) is 19.4 Å². The van der Waals surface area contributed by atoms with Crippen LogP contribution >= 0.6 is 11.3 Å². The molecule has 0 bridgehead atoms. The summed E-state index contributed by atoms with van der Waals surface area (Å²) in [5, 5.41) is 3.95. The van der Waals surface area contributed by atoms with Crippen molar-refractivity contribution in [1.29, 1.82) is 0 Å². The minimum Gasteiger partial charge on any atom is -0.347 e. The van der Waals surface area contributed by atoms with E-state index in [-0.39, 0.29) is 24.2 Å². The molecule has 0 aliphatic carbocycles. The summed E-state index contributed by atoms with van der Waals surface area (Å²) in [4.78, 5) is 30.9. The number of hydrogen-bond donors (Lipinski definition) is 1. The highest BCUT2D eigenvalue weighted by Crippen LogP contribution is 2.31. The van der Waals surface area contributed by atoms with Gasteiger partial charge in [-0.05, 0) is 26.0 Å². The largest absolute Gasteiger partial charge is 0.347 e. The summed E-state index contributed by atoms with van der Waals surface area (Å²) in [7, 11) is 1.72. The average molecular weight is 407 g/mol. The highest BCUT2D eigenvalue weighted by Gasteiger charge is 2.19. The number of thiazole rings is 1. The van der Waals surface area contributed by atoms with Crippen LogP contribution < -0.4 is 11.0 Å². The number of benzene rings is 2. The Balaban J connectivity index is 1.53. The fraction of sp³-hybridized carbons (Fsp3) is 0.227. The molecule has 2 aromatic heterocycles. The minimum absolute atomic E-state index is 0.0199. The van der Waals surface area contributed by atoms with Crippen molar-refractivity contribution in [3.05, 3.63) is 75.7 Å².